The van der Waals surface area contributed by atoms with Gasteiger partial charge in [0.25, 0.3) is 5.91 Å². The molecule has 5 nitrogen and oxygen atoms in total. The second kappa shape index (κ2) is 10.1. The Morgan fingerprint density at radius 3 is 2.73 bits per heavy atom. The lowest BCUT2D eigenvalue weighted by molar-refractivity contribution is -0.112. The number of aryl methyl sites for hydroxylation is 1. The minimum absolute atomic E-state index is 0.0215. The van der Waals surface area contributed by atoms with E-state index in [1.165, 1.54) is 18.9 Å². The number of nitrogens with one attached hydrogen (secondary N) is 2. The van der Waals surface area contributed by atoms with E-state index in [0.29, 0.717) is 23.0 Å². The van der Waals surface area contributed by atoms with Gasteiger partial charge in [0, 0.05) is 17.8 Å². The molecular weight excluding hydrogens is 350 g/mol. The van der Waals surface area contributed by atoms with Crippen LogP contribution in [0.4, 0.5) is 5.69 Å². The fraction of sp³-hybridized carbons (Fsp3) is 0.200. The molecule has 0 atom stereocenters. The Morgan fingerprint density at radius 1 is 1.27 bits per heavy atom. The van der Waals surface area contributed by atoms with E-state index in [4.69, 9.17) is 16.3 Å². The molecule has 2 rings (SSSR count). The number of ether oxygens (including phenoxy) is 1. The van der Waals surface area contributed by atoms with Gasteiger partial charge in [-0.1, -0.05) is 41.9 Å². The number of hydrogen-bond donors (Lipinski definition) is 2. The number of rotatable bonds is 8. The Bertz CT molecular complexity index is 814. The second-order valence-electron chi connectivity index (χ2n) is 5.51. The van der Waals surface area contributed by atoms with Gasteiger partial charge in [-0.05, 0) is 36.6 Å². The average Bonchev–Trinajstić information content (AvgIpc) is 2.65. The van der Waals surface area contributed by atoms with Crippen molar-refractivity contribution in [2.24, 2.45) is 0 Å². The summed E-state index contributed by atoms with van der Waals surface area (Å²) in [4.78, 5) is 12.3. The van der Waals surface area contributed by atoms with Crippen LogP contribution in [-0.4, -0.2) is 19.6 Å². The normalized spacial score (nSPS) is 10.7. The molecule has 1 amide bonds. The number of carbonyl (C=O) groups is 1. The SMILES string of the molecule is COc1ccc(Cl)cc1NC(=O)/C(C#N)=C\NCCCc1ccccc1. The van der Waals surface area contributed by atoms with Gasteiger partial charge in [0.05, 0.1) is 12.8 Å². The molecule has 0 heterocycles. The summed E-state index contributed by atoms with van der Waals surface area (Å²) in [6.07, 6.45) is 3.25. The molecule has 0 unspecified atom stereocenters. The minimum atomic E-state index is -0.524. The van der Waals surface area contributed by atoms with Crippen molar-refractivity contribution in [1.82, 2.24) is 5.32 Å². The van der Waals surface area contributed by atoms with Crippen LogP contribution >= 0.6 is 11.6 Å². The third kappa shape index (κ3) is 5.83. The van der Waals surface area contributed by atoms with Crippen LogP contribution in [0.2, 0.25) is 5.02 Å². The predicted molar refractivity (Wildman–Crippen MR) is 103 cm³/mol. The van der Waals surface area contributed by atoms with Crippen LogP contribution in [0.1, 0.15) is 12.0 Å². The van der Waals surface area contributed by atoms with E-state index < -0.39 is 5.91 Å². The van der Waals surface area contributed by atoms with E-state index in [-0.39, 0.29) is 5.57 Å². The van der Waals surface area contributed by atoms with Crippen molar-refractivity contribution in [3.05, 3.63) is 70.9 Å². The maximum Gasteiger partial charge on any atom is 0.267 e. The van der Waals surface area contributed by atoms with Gasteiger partial charge in [0.15, 0.2) is 0 Å². The standard InChI is InChI=1S/C20H20ClN3O2/c1-26-19-10-9-17(21)12-18(19)24-20(25)16(13-22)14-23-11-5-8-15-6-3-2-4-7-15/h2-4,6-7,9-10,12,14,23H,5,8,11H2,1H3,(H,24,25)/b16-14-. The third-order valence-electron chi connectivity index (χ3n) is 3.65. The van der Waals surface area contributed by atoms with Crippen molar-refractivity contribution in [3.63, 3.8) is 0 Å². The Balaban J connectivity index is 1.89. The number of hydrogen-bond acceptors (Lipinski definition) is 4. The molecule has 0 saturated carbocycles. The molecule has 6 heteroatoms. The Morgan fingerprint density at radius 2 is 2.04 bits per heavy atom. The number of anilines is 1. The van der Waals surface area contributed by atoms with Crippen LogP contribution in [0.3, 0.4) is 0 Å². The topological polar surface area (TPSA) is 74.1 Å². The first-order valence-electron chi connectivity index (χ1n) is 8.16. The lowest BCUT2D eigenvalue weighted by Gasteiger charge is -2.10. The van der Waals surface area contributed by atoms with Crippen LogP contribution < -0.4 is 15.4 Å². The first-order chi connectivity index (χ1) is 12.6. The molecule has 0 aliphatic carbocycles. The summed E-state index contributed by atoms with van der Waals surface area (Å²) in [6, 6.07) is 16.9. The number of amides is 1. The van der Waals surface area contributed by atoms with Crippen LogP contribution in [0.25, 0.3) is 0 Å². The quantitative estimate of drug-likeness (QED) is 0.420. The van der Waals surface area contributed by atoms with Gasteiger partial charge in [-0.3, -0.25) is 4.79 Å². The fourth-order valence-corrected chi connectivity index (χ4v) is 2.50. The van der Waals surface area contributed by atoms with Gasteiger partial charge in [-0.15, -0.1) is 0 Å². The Kier molecular flexibility index (Phi) is 7.53. The van der Waals surface area contributed by atoms with E-state index in [1.54, 1.807) is 18.2 Å². The minimum Gasteiger partial charge on any atom is -0.495 e. The largest absolute Gasteiger partial charge is 0.495 e. The molecule has 26 heavy (non-hydrogen) atoms. The first kappa shape index (κ1) is 19.4. The highest BCUT2D eigenvalue weighted by Crippen LogP contribution is 2.27. The summed E-state index contributed by atoms with van der Waals surface area (Å²) in [6.45, 7) is 0.661. The lowest BCUT2D eigenvalue weighted by Crippen LogP contribution is -2.17. The monoisotopic (exact) mass is 369 g/mol. The molecule has 0 bridgehead atoms. The van der Waals surface area contributed by atoms with Crippen LogP contribution in [0.15, 0.2) is 60.3 Å². The van der Waals surface area contributed by atoms with Crippen molar-refractivity contribution in [2.45, 2.75) is 12.8 Å². The van der Waals surface area contributed by atoms with E-state index in [1.807, 2.05) is 24.3 Å². The summed E-state index contributed by atoms with van der Waals surface area (Å²) in [5.74, 6) is -0.0560. The van der Waals surface area contributed by atoms with Crippen molar-refractivity contribution in [2.75, 3.05) is 19.0 Å². The van der Waals surface area contributed by atoms with Crippen molar-refractivity contribution >= 4 is 23.2 Å². The van der Waals surface area contributed by atoms with Crippen LogP contribution in [0, 0.1) is 11.3 Å². The van der Waals surface area contributed by atoms with Gasteiger partial charge >= 0.3 is 0 Å². The number of benzene rings is 2. The maximum atomic E-state index is 12.3. The predicted octanol–water partition coefficient (Wildman–Crippen LogP) is 3.92. The van der Waals surface area contributed by atoms with Crippen LogP contribution in [-0.2, 0) is 11.2 Å². The van der Waals surface area contributed by atoms with Gasteiger partial charge in [-0.2, -0.15) is 5.26 Å². The van der Waals surface area contributed by atoms with Gasteiger partial charge in [-0.25, -0.2) is 0 Å². The molecule has 0 radical (unpaired) electrons. The highest BCUT2D eigenvalue weighted by molar-refractivity contribution is 6.31. The molecule has 134 valence electrons. The first-order valence-corrected chi connectivity index (χ1v) is 8.54. The lowest BCUT2D eigenvalue weighted by atomic mass is 10.1. The van der Waals surface area contributed by atoms with Gasteiger partial charge in [0.1, 0.15) is 17.4 Å². The number of halogens is 1. The molecule has 0 aliphatic heterocycles. The van der Waals surface area contributed by atoms with E-state index in [2.05, 4.69) is 22.8 Å². The zero-order chi connectivity index (χ0) is 18.8. The summed E-state index contributed by atoms with van der Waals surface area (Å²) in [5.41, 5.74) is 1.64. The summed E-state index contributed by atoms with van der Waals surface area (Å²) >= 11 is 5.94. The van der Waals surface area contributed by atoms with Gasteiger partial charge < -0.3 is 15.4 Å². The summed E-state index contributed by atoms with van der Waals surface area (Å²) in [5, 5.41) is 15.3. The number of nitriles is 1. The highest BCUT2D eigenvalue weighted by atomic mass is 35.5. The number of carbonyl (C=O) groups excluding carboxylic acids is 1. The second-order valence-corrected chi connectivity index (χ2v) is 5.95. The fourth-order valence-electron chi connectivity index (χ4n) is 2.33. The molecule has 0 saturated heterocycles. The van der Waals surface area contributed by atoms with E-state index in [0.717, 1.165) is 12.8 Å². The van der Waals surface area contributed by atoms with Gasteiger partial charge in [0.2, 0.25) is 0 Å². The zero-order valence-electron chi connectivity index (χ0n) is 14.5. The van der Waals surface area contributed by atoms with Crippen molar-refractivity contribution < 1.29 is 9.53 Å². The molecule has 0 aromatic heterocycles. The molecule has 0 spiro atoms. The maximum absolute atomic E-state index is 12.3. The molecule has 2 aromatic carbocycles. The summed E-state index contributed by atoms with van der Waals surface area (Å²) in [7, 11) is 1.49. The van der Waals surface area contributed by atoms with Crippen molar-refractivity contribution in [1.29, 1.82) is 5.26 Å². The molecular formula is C20H20ClN3O2. The molecule has 2 N–H and O–H groups in total. The third-order valence-corrected chi connectivity index (χ3v) is 3.89. The Labute approximate surface area is 158 Å². The van der Waals surface area contributed by atoms with E-state index >= 15 is 0 Å². The summed E-state index contributed by atoms with van der Waals surface area (Å²) < 4.78 is 5.18. The molecule has 2 aromatic rings. The Hall–Kier alpha value is -2.97. The number of methoxy groups -OCH3 is 1. The van der Waals surface area contributed by atoms with Crippen LogP contribution in [0.5, 0.6) is 5.75 Å². The number of nitrogens with zero attached hydrogens (tertiary/aromatic N) is 1. The molecule has 0 fully saturated rings. The molecule has 0 aliphatic rings. The van der Waals surface area contributed by atoms with E-state index in [9.17, 15) is 10.1 Å². The smallest absolute Gasteiger partial charge is 0.267 e. The zero-order valence-corrected chi connectivity index (χ0v) is 15.2. The average molecular weight is 370 g/mol. The van der Waals surface area contributed by atoms with Crippen molar-refractivity contribution in [3.8, 4) is 11.8 Å². The highest BCUT2D eigenvalue weighted by Gasteiger charge is 2.12.